The van der Waals surface area contributed by atoms with Crippen molar-refractivity contribution < 1.29 is 22.7 Å². The molecule has 0 radical (unpaired) electrons. The number of anilines is 1. The Kier molecular flexibility index (Phi) is 5.81. The van der Waals surface area contributed by atoms with Gasteiger partial charge in [-0.3, -0.25) is 4.79 Å². The SMILES string of the molecule is Cc1cc(S(=O)(=O)N2CCOCC2)ccc1OCC(=O)N1c2ccccc2C[C@H]1C. The van der Waals surface area contributed by atoms with Crippen LogP contribution in [0.2, 0.25) is 0 Å². The van der Waals surface area contributed by atoms with Crippen LogP contribution < -0.4 is 9.64 Å². The smallest absolute Gasteiger partial charge is 0.265 e. The fraction of sp³-hybridized carbons (Fsp3) is 0.409. The maximum atomic E-state index is 12.8. The van der Waals surface area contributed by atoms with Crippen molar-refractivity contribution in [3.8, 4) is 5.75 Å². The van der Waals surface area contributed by atoms with Crippen molar-refractivity contribution in [3.05, 3.63) is 53.6 Å². The number of amides is 1. The molecule has 0 aliphatic carbocycles. The Balaban J connectivity index is 1.45. The Bertz CT molecular complexity index is 1050. The third-order valence-corrected chi connectivity index (χ3v) is 7.48. The molecule has 0 N–H and O–H groups in total. The summed E-state index contributed by atoms with van der Waals surface area (Å²) in [5.74, 6) is 0.390. The van der Waals surface area contributed by atoms with E-state index in [1.165, 1.54) is 10.4 Å². The standard InChI is InChI=1S/C22H26N2O5S/c1-16-13-19(30(26,27)23-9-11-28-12-10-23)7-8-21(16)29-15-22(25)24-17(2)14-18-5-3-4-6-20(18)24/h3-8,13,17H,9-12,14-15H2,1-2H3/t17-/m1/s1. The minimum absolute atomic E-state index is 0.0839. The van der Waals surface area contributed by atoms with Gasteiger partial charge in [0.05, 0.1) is 18.1 Å². The molecular weight excluding hydrogens is 404 g/mol. The van der Waals surface area contributed by atoms with Gasteiger partial charge in [-0.2, -0.15) is 4.31 Å². The third kappa shape index (κ3) is 3.95. The van der Waals surface area contributed by atoms with Gasteiger partial charge in [-0.05, 0) is 55.7 Å². The zero-order valence-corrected chi connectivity index (χ0v) is 18.0. The van der Waals surface area contributed by atoms with Crippen LogP contribution >= 0.6 is 0 Å². The van der Waals surface area contributed by atoms with Gasteiger partial charge < -0.3 is 14.4 Å². The number of hydrogen-bond donors (Lipinski definition) is 0. The minimum Gasteiger partial charge on any atom is -0.483 e. The molecule has 0 bridgehead atoms. The number of benzene rings is 2. The number of morpholine rings is 1. The van der Waals surface area contributed by atoms with Gasteiger partial charge in [0.25, 0.3) is 5.91 Å². The number of para-hydroxylation sites is 1. The molecule has 0 saturated carbocycles. The second-order valence-corrected chi connectivity index (χ2v) is 9.62. The van der Waals surface area contributed by atoms with Gasteiger partial charge in [0.2, 0.25) is 10.0 Å². The van der Waals surface area contributed by atoms with Crippen LogP contribution in [0.15, 0.2) is 47.4 Å². The second-order valence-electron chi connectivity index (χ2n) is 7.68. The van der Waals surface area contributed by atoms with Crippen LogP contribution in [-0.2, 0) is 26.0 Å². The van der Waals surface area contributed by atoms with E-state index in [9.17, 15) is 13.2 Å². The number of nitrogens with zero attached hydrogens (tertiary/aromatic N) is 2. The zero-order valence-electron chi connectivity index (χ0n) is 17.2. The zero-order chi connectivity index (χ0) is 21.3. The highest BCUT2D eigenvalue weighted by molar-refractivity contribution is 7.89. The van der Waals surface area contributed by atoms with E-state index < -0.39 is 10.0 Å². The molecule has 160 valence electrons. The number of hydrogen-bond acceptors (Lipinski definition) is 5. The summed E-state index contributed by atoms with van der Waals surface area (Å²) in [4.78, 5) is 14.8. The molecule has 2 aromatic carbocycles. The van der Waals surface area contributed by atoms with Crippen LogP contribution in [0, 0.1) is 6.92 Å². The van der Waals surface area contributed by atoms with Gasteiger partial charge in [0, 0.05) is 24.8 Å². The number of fused-ring (bicyclic) bond motifs is 1. The lowest BCUT2D eigenvalue weighted by Gasteiger charge is -2.26. The summed E-state index contributed by atoms with van der Waals surface area (Å²) in [5, 5.41) is 0. The van der Waals surface area contributed by atoms with E-state index >= 15 is 0 Å². The Morgan fingerprint density at radius 2 is 1.90 bits per heavy atom. The molecule has 1 atom stereocenters. The van der Waals surface area contributed by atoms with Gasteiger partial charge in [-0.25, -0.2) is 8.42 Å². The van der Waals surface area contributed by atoms with E-state index in [0.717, 1.165) is 17.7 Å². The molecule has 2 aromatic rings. The summed E-state index contributed by atoms with van der Waals surface area (Å²) >= 11 is 0. The first-order valence-electron chi connectivity index (χ1n) is 10.1. The Labute approximate surface area is 177 Å². The van der Waals surface area contributed by atoms with E-state index in [4.69, 9.17) is 9.47 Å². The van der Waals surface area contributed by atoms with Gasteiger partial charge in [-0.1, -0.05) is 18.2 Å². The highest BCUT2D eigenvalue weighted by atomic mass is 32.2. The fourth-order valence-electron chi connectivity index (χ4n) is 4.03. The molecule has 30 heavy (non-hydrogen) atoms. The molecule has 2 aliphatic heterocycles. The largest absolute Gasteiger partial charge is 0.483 e. The van der Waals surface area contributed by atoms with Crippen molar-refractivity contribution in [1.82, 2.24) is 4.31 Å². The van der Waals surface area contributed by atoms with Gasteiger partial charge >= 0.3 is 0 Å². The van der Waals surface area contributed by atoms with E-state index in [1.54, 1.807) is 24.0 Å². The van der Waals surface area contributed by atoms with Gasteiger partial charge in [-0.15, -0.1) is 0 Å². The van der Waals surface area contributed by atoms with Crippen LogP contribution in [0.5, 0.6) is 5.75 Å². The molecule has 0 unspecified atom stereocenters. The van der Waals surface area contributed by atoms with E-state index in [-0.39, 0.29) is 23.5 Å². The van der Waals surface area contributed by atoms with E-state index in [1.807, 2.05) is 31.2 Å². The highest BCUT2D eigenvalue weighted by Crippen LogP contribution is 2.32. The molecule has 8 heteroatoms. The highest BCUT2D eigenvalue weighted by Gasteiger charge is 2.31. The maximum absolute atomic E-state index is 12.8. The summed E-state index contributed by atoms with van der Waals surface area (Å²) in [6.45, 7) is 5.21. The molecule has 0 spiro atoms. The number of aryl methyl sites for hydroxylation is 1. The maximum Gasteiger partial charge on any atom is 0.265 e. The van der Waals surface area contributed by atoms with Crippen LogP contribution in [0.3, 0.4) is 0 Å². The lowest BCUT2D eigenvalue weighted by atomic mass is 10.1. The number of carbonyl (C=O) groups excluding carboxylic acids is 1. The molecule has 1 fully saturated rings. The van der Waals surface area contributed by atoms with Crippen molar-refractivity contribution in [2.45, 2.75) is 31.2 Å². The fourth-order valence-corrected chi connectivity index (χ4v) is 5.53. The van der Waals surface area contributed by atoms with E-state index in [0.29, 0.717) is 37.6 Å². The number of ether oxygens (including phenoxy) is 2. The molecule has 7 nitrogen and oxygen atoms in total. The van der Waals surface area contributed by atoms with Crippen molar-refractivity contribution in [1.29, 1.82) is 0 Å². The Hall–Kier alpha value is -2.42. The van der Waals surface area contributed by atoms with Crippen molar-refractivity contribution >= 4 is 21.6 Å². The Morgan fingerprint density at radius 1 is 1.17 bits per heavy atom. The molecule has 2 aliphatic rings. The van der Waals surface area contributed by atoms with Gasteiger partial charge in [0.15, 0.2) is 6.61 Å². The van der Waals surface area contributed by atoms with Crippen LogP contribution in [0.1, 0.15) is 18.1 Å². The quantitative estimate of drug-likeness (QED) is 0.728. The molecule has 0 aromatic heterocycles. The summed E-state index contributed by atoms with van der Waals surface area (Å²) < 4.78 is 38.1. The first-order valence-corrected chi connectivity index (χ1v) is 11.5. The van der Waals surface area contributed by atoms with Crippen molar-refractivity contribution in [2.75, 3.05) is 37.8 Å². The second kappa shape index (κ2) is 8.37. The Morgan fingerprint density at radius 3 is 2.63 bits per heavy atom. The van der Waals surface area contributed by atoms with Crippen LogP contribution in [0.25, 0.3) is 0 Å². The van der Waals surface area contributed by atoms with Crippen molar-refractivity contribution in [2.24, 2.45) is 0 Å². The lowest BCUT2D eigenvalue weighted by Crippen LogP contribution is -2.40. The monoisotopic (exact) mass is 430 g/mol. The lowest BCUT2D eigenvalue weighted by molar-refractivity contribution is -0.120. The third-order valence-electron chi connectivity index (χ3n) is 5.58. The predicted octanol–water partition coefficient (Wildman–Crippen LogP) is 2.37. The average molecular weight is 431 g/mol. The average Bonchev–Trinajstić information content (AvgIpc) is 3.09. The van der Waals surface area contributed by atoms with Crippen molar-refractivity contribution in [3.63, 3.8) is 0 Å². The molecule has 1 saturated heterocycles. The summed E-state index contributed by atoms with van der Waals surface area (Å²) in [7, 11) is -3.56. The molecular formula is C22H26N2O5S. The normalized spacial score (nSPS) is 19.5. The first-order chi connectivity index (χ1) is 14.4. The topological polar surface area (TPSA) is 76.1 Å². The van der Waals surface area contributed by atoms with Crippen LogP contribution in [0.4, 0.5) is 5.69 Å². The summed E-state index contributed by atoms with van der Waals surface area (Å²) in [6.07, 6.45) is 0.828. The number of carbonyl (C=O) groups is 1. The minimum atomic E-state index is -3.56. The molecule has 4 rings (SSSR count). The summed E-state index contributed by atoms with van der Waals surface area (Å²) in [5.41, 5.74) is 2.77. The number of rotatable bonds is 5. The predicted molar refractivity (Wildman–Crippen MR) is 113 cm³/mol. The van der Waals surface area contributed by atoms with Gasteiger partial charge in [0.1, 0.15) is 5.75 Å². The number of sulfonamides is 1. The van der Waals surface area contributed by atoms with E-state index in [2.05, 4.69) is 0 Å². The molecule has 2 heterocycles. The van der Waals surface area contributed by atoms with Crippen LogP contribution in [-0.4, -0.2) is 57.6 Å². The molecule has 1 amide bonds. The first kappa shape index (κ1) is 20.8. The summed E-state index contributed by atoms with van der Waals surface area (Å²) in [6, 6.07) is 12.7.